The molecule has 0 heterocycles. The summed E-state index contributed by atoms with van der Waals surface area (Å²) in [7, 11) is 0. The van der Waals surface area contributed by atoms with Crippen molar-refractivity contribution < 1.29 is 19.2 Å². The predicted octanol–water partition coefficient (Wildman–Crippen LogP) is 1.59. The number of carbonyl (C=O) groups is 2. The number of hydrogen-bond acceptors (Lipinski definition) is 5. The van der Waals surface area contributed by atoms with Gasteiger partial charge in [0.05, 0.1) is 4.92 Å². The third-order valence-electron chi connectivity index (χ3n) is 1.88. The van der Waals surface area contributed by atoms with Crippen molar-refractivity contribution in [1.29, 1.82) is 0 Å². The fourth-order valence-corrected chi connectivity index (χ4v) is 1.11. The van der Waals surface area contributed by atoms with Gasteiger partial charge in [-0.05, 0) is 17.7 Å². The Morgan fingerprint density at radius 1 is 1.33 bits per heavy atom. The predicted molar refractivity (Wildman–Crippen MR) is 62.1 cm³/mol. The molecule has 0 aliphatic heterocycles. The second-order valence-corrected chi connectivity index (χ2v) is 3.45. The molecule has 18 heavy (non-hydrogen) atoms. The van der Waals surface area contributed by atoms with Gasteiger partial charge in [0.2, 0.25) is 5.91 Å². The maximum atomic E-state index is 11.0. The standard InChI is InChI=1S/C10H9ClN2O5/c11-5-9(14)12-10(15)18-6-7-1-3-8(4-2-7)13(16)17/h1-4H,5-6H2,(H,12,14,15). The quantitative estimate of drug-likeness (QED) is 0.510. The Kier molecular flexibility index (Phi) is 5.06. The van der Waals surface area contributed by atoms with Crippen LogP contribution in [0.2, 0.25) is 0 Å². The Hall–Kier alpha value is -2.15. The van der Waals surface area contributed by atoms with E-state index in [4.69, 9.17) is 16.3 Å². The smallest absolute Gasteiger partial charge is 0.414 e. The minimum absolute atomic E-state index is 0.0551. The molecular weight excluding hydrogens is 264 g/mol. The van der Waals surface area contributed by atoms with E-state index in [0.717, 1.165) is 0 Å². The molecule has 0 fully saturated rings. The molecule has 0 spiro atoms. The van der Waals surface area contributed by atoms with Gasteiger partial charge in [0.25, 0.3) is 5.69 Å². The maximum Gasteiger partial charge on any atom is 0.414 e. The van der Waals surface area contributed by atoms with E-state index in [1.807, 2.05) is 5.32 Å². The first-order valence-corrected chi connectivity index (χ1v) is 5.32. The van der Waals surface area contributed by atoms with Crippen LogP contribution in [0.3, 0.4) is 0 Å². The SMILES string of the molecule is O=C(CCl)NC(=O)OCc1ccc([N+](=O)[O-])cc1. The van der Waals surface area contributed by atoms with E-state index in [1.54, 1.807) is 0 Å². The number of carbonyl (C=O) groups excluding carboxylic acids is 2. The number of non-ortho nitro benzene ring substituents is 1. The molecule has 1 N–H and O–H groups in total. The molecule has 1 aromatic carbocycles. The van der Waals surface area contributed by atoms with E-state index < -0.39 is 16.9 Å². The van der Waals surface area contributed by atoms with Crippen LogP contribution in [0, 0.1) is 10.1 Å². The second kappa shape index (κ2) is 6.55. The molecule has 1 aromatic rings. The molecule has 0 saturated carbocycles. The monoisotopic (exact) mass is 272 g/mol. The Balaban J connectivity index is 2.46. The number of ether oxygens (including phenoxy) is 1. The first-order valence-electron chi connectivity index (χ1n) is 4.79. The normalized spacial score (nSPS) is 9.61. The van der Waals surface area contributed by atoms with Crippen LogP contribution in [0.15, 0.2) is 24.3 Å². The molecule has 0 aromatic heterocycles. The van der Waals surface area contributed by atoms with Crippen molar-refractivity contribution in [3.8, 4) is 0 Å². The number of amides is 2. The lowest BCUT2D eigenvalue weighted by Gasteiger charge is -2.04. The van der Waals surface area contributed by atoms with Crippen LogP contribution in [0.4, 0.5) is 10.5 Å². The number of nitro benzene ring substituents is 1. The lowest BCUT2D eigenvalue weighted by Crippen LogP contribution is -2.31. The van der Waals surface area contributed by atoms with Gasteiger partial charge in [-0.1, -0.05) is 0 Å². The summed E-state index contributed by atoms with van der Waals surface area (Å²) in [5.74, 6) is -1.00. The van der Waals surface area contributed by atoms with E-state index in [9.17, 15) is 19.7 Å². The van der Waals surface area contributed by atoms with E-state index in [0.29, 0.717) is 5.56 Å². The third-order valence-corrected chi connectivity index (χ3v) is 2.12. The van der Waals surface area contributed by atoms with Crippen molar-refractivity contribution in [3.05, 3.63) is 39.9 Å². The number of nitro groups is 1. The van der Waals surface area contributed by atoms with Gasteiger partial charge in [0.15, 0.2) is 0 Å². The summed E-state index contributed by atoms with van der Waals surface area (Å²) in [6, 6.07) is 5.49. The summed E-state index contributed by atoms with van der Waals surface area (Å²) in [5.41, 5.74) is 0.509. The van der Waals surface area contributed by atoms with Crippen LogP contribution < -0.4 is 5.32 Å². The van der Waals surface area contributed by atoms with E-state index >= 15 is 0 Å². The number of alkyl carbamates (subject to hydrolysis) is 1. The second-order valence-electron chi connectivity index (χ2n) is 3.18. The van der Waals surface area contributed by atoms with Gasteiger partial charge in [-0.2, -0.15) is 0 Å². The summed E-state index contributed by atoms with van der Waals surface area (Å²) in [5, 5.41) is 12.3. The number of nitrogens with zero attached hydrogens (tertiary/aromatic N) is 1. The van der Waals surface area contributed by atoms with Gasteiger partial charge >= 0.3 is 6.09 Å². The molecule has 1 rings (SSSR count). The molecule has 0 saturated heterocycles. The third kappa shape index (κ3) is 4.38. The molecule has 2 amide bonds. The Bertz CT molecular complexity index is 460. The summed E-state index contributed by atoms with van der Waals surface area (Å²) in [4.78, 5) is 31.6. The van der Waals surface area contributed by atoms with Crippen molar-refractivity contribution in [2.75, 3.05) is 5.88 Å². The summed E-state index contributed by atoms with van der Waals surface area (Å²) in [6.45, 7) is -0.0978. The molecule has 0 unspecified atom stereocenters. The lowest BCUT2D eigenvalue weighted by atomic mass is 10.2. The maximum absolute atomic E-state index is 11.0. The van der Waals surface area contributed by atoms with E-state index in [2.05, 4.69) is 0 Å². The van der Waals surface area contributed by atoms with Gasteiger partial charge in [-0.3, -0.25) is 20.2 Å². The molecule has 8 heteroatoms. The number of imide groups is 1. The van der Waals surface area contributed by atoms with Gasteiger partial charge < -0.3 is 4.74 Å². The van der Waals surface area contributed by atoms with Gasteiger partial charge in [0.1, 0.15) is 12.5 Å². The minimum atomic E-state index is -0.918. The zero-order valence-electron chi connectivity index (χ0n) is 9.09. The number of nitrogens with one attached hydrogen (secondary N) is 1. The van der Waals surface area contributed by atoms with Crippen molar-refractivity contribution in [3.63, 3.8) is 0 Å². The van der Waals surface area contributed by atoms with E-state index in [1.165, 1.54) is 24.3 Å². The molecule has 7 nitrogen and oxygen atoms in total. The summed E-state index contributed by atoms with van der Waals surface area (Å²) >= 11 is 5.18. The molecule has 0 aliphatic rings. The highest BCUT2D eigenvalue weighted by atomic mass is 35.5. The Morgan fingerprint density at radius 3 is 2.44 bits per heavy atom. The molecule has 0 atom stereocenters. The first-order chi connectivity index (χ1) is 8.52. The van der Waals surface area contributed by atoms with Crippen LogP contribution in [0.25, 0.3) is 0 Å². The summed E-state index contributed by atoms with van der Waals surface area (Å²) < 4.78 is 4.70. The van der Waals surface area contributed by atoms with Gasteiger partial charge in [0, 0.05) is 12.1 Å². The van der Waals surface area contributed by atoms with Crippen LogP contribution >= 0.6 is 11.6 Å². The average Bonchev–Trinajstić information content (AvgIpc) is 2.36. The van der Waals surface area contributed by atoms with Crippen LogP contribution in [0.1, 0.15) is 5.56 Å². The van der Waals surface area contributed by atoms with Crippen molar-refractivity contribution in [2.24, 2.45) is 0 Å². The minimum Gasteiger partial charge on any atom is -0.444 e. The van der Waals surface area contributed by atoms with Crippen molar-refractivity contribution in [2.45, 2.75) is 6.61 Å². The van der Waals surface area contributed by atoms with Crippen LogP contribution in [-0.2, 0) is 16.1 Å². The number of hydrogen-bond donors (Lipinski definition) is 1. The highest BCUT2D eigenvalue weighted by molar-refractivity contribution is 6.28. The molecule has 0 radical (unpaired) electrons. The number of alkyl halides is 1. The highest BCUT2D eigenvalue weighted by Gasteiger charge is 2.08. The van der Waals surface area contributed by atoms with Crippen molar-refractivity contribution in [1.82, 2.24) is 5.32 Å². The zero-order chi connectivity index (χ0) is 13.5. The fraction of sp³-hybridized carbons (Fsp3) is 0.200. The fourth-order valence-electron chi connectivity index (χ4n) is 1.05. The largest absolute Gasteiger partial charge is 0.444 e. The number of halogens is 1. The Labute approximate surface area is 107 Å². The number of rotatable bonds is 4. The number of benzene rings is 1. The molecular formula is C10H9ClN2O5. The van der Waals surface area contributed by atoms with E-state index in [-0.39, 0.29) is 18.2 Å². The molecule has 0 bridgehead atoms. The Morgan fingerprint density at radius 2 is 1.94 bits per heavy atom. The highest BCUT2D eigenvalue weighted by Crippen LogP contribution is 2.12. The van der Waals surface area contributed by atoms with Gasteiger partial charge in [-0.15, -0.1) is 11.6 Å². The summed E-state index contributed by atoms with van der Waals surface area (Å²) in [6.07, 6.45) is -0.918. The zero-order valence-corrected chi connectivity index (χ0v) is 9.85. The van der Waals surface area contributed by atoms with Crippen molar-refractivity contribution >= 4 is 29.3 Å². The average molecular weight is 273 g/mol. The topological polar surface area (TPSA) is 98.5 Å². The first kappa shape index (κ1) is 13.9. The lowest BCUT2D eigenvalue weighted by molar-refractivity contribution is -0.384. The van der Waals surface area contributed by atoms with Crippen LogP contribution in [0.5, 0.6) is 0 Å². The van der Waals surface area contributed by atoms with Crippen LogP contribution in [-0.4, -0.2) is 22.8 Å². The van der Waals surface area contributed by atoms with Gasteiger partial charge in [-0.25, -0.2) is 4.79 Å². The molecule has 0 aliphatic carbocycles. The molecule has 96 valence electrons.